The van der Waals surface area contributed by atoms with Gasteiger partial charge in [0.1, 0.15) is 0 Å². The largest absolute Gasteiger partial charge is 0.342 e. The van der Waals surface area contributed by atoms with Crippen molar-refractivity contribution >= 4 is 15.9 Å². The minimum absolute atomic E-state index is 0.0491. The zero-order valence-corrected chi connectivity index (χ0v) is 15.2. The van der Waals surface area contributed by atoms with Crippen LogP contribution in [0.3, 0.4) is 0 Å². The Kier molecular flexibility index (Phi) is 7.16. The van der Waals surface area contributed by atoms with E-state index < -0.39 is 10.0 Å². The standard InChI is InChI=1S/C19H24N2O3S/c1-17(22)21(15-8-11-18-9-4-2-5-10-18)16-14-20-25(23,24)19-12-6-3-7-13-19/h2-7,9-10,12-13,20H,8,11,14-16H2,1H3. The third kappa shape index (κ3) is 6.32. The molecule has 25 heavy (non-hydrogen) atoms. The van der Waals surface area contributed by atoms with E-state index >= 15 is 0 Å². The Hall–Kier alpha value is -2.18. The topological polar surface area (TPSA) is 66.5 Å². The Labute approximate surface area is 149 Å². The van der Waals surface area contributed by atoms with Crippen molar-refractivity contribution < 1.29 is 13.2 Å². The van der Waals surface area contributed by atoms with Gasteiger partial charge in [-0.25, -0.2) is 13.1 Å². The highest BCUT2D eigenvalue weighted by Gasteiger charge is 2.14. The highest BCUT2D eigenvalue weighted by Crippen LogP contribution is 2.07. The number of carbonyl (C=O) groups excluding carboxylic acids is 1. The Bertz CT molecular complexity index is 762. The number of nitrogens with zero attached hydrogens (tertiary/aromatic N) is 1. The summed E-state index contributed by atoms with van der Waals surface area (Å²) in [6.07, 6.45) is 1.73. The van der Waals surface area contributed by atoms with Crippen molar-refractivity contribution in [2.75, 3.05) is 19.6 Å². The molecule has 1 N–H and O–H groups in total. The lowest BCUT2D eigenvalue weighted by atomic mass is 10.1. The lowest BCUT2D eigenvalue weighted by Gasteiger charge is -2.21. The molecule has 0 radical (unpaired) electrons. The first-order chi connectivity index (χ1) is 12.0. The number of sulfonamides is 1. The minimum Gasteiger partial charge on any atom is -0.342 e. The maximum absolute atomic E-state index is 12.2. The predicted octanol–water partition coefficient (Wildman–Crippen LogP) is 2.45. The maximum atomic E-state index is 12.2. The first-order valence-electron chi connectivity index (χ1n) is 8.33. The molecular weight excluding hydrogens is 336 g/mol. The molecule has 0 heterocycles. The van der Waals surface area contributed by atoms with E-state index in [0.29, 0.717) is 13.1 Å². The average molecular weight is 360 g/mol. The van der Waals surface area contributed by atoms with Crippen LogP contribution in [0, 0.1) is 0 Å². The van der Waals surface area contributed by atoms with Gasteiger partial charge in [-0.2, -0.15) is 0 Å². The maximum Gasteiger partial charge on any atom is 0.240 e. The highest BCUT2D eigenvalue weighted by atomic mass is 32.2. The number of hydrogen-bond acceptors (Lipinski definition) is 3. The summed E-state index contributed by atoms with van der Waals surface area (Å²) in [5, 5.41) is 0. The van der Waals surface area contributed by atoms with E-state index in [1.54, 1.807) is 35.2 Å². The normalized spacial score (nSPS) is 11.2. The van der Waals surface area contributed by atoms with Gasteiger partial charge in [0.2, 0.25) is 15.9 Å². The second-order valence-corrected chi connectivity index (χ2v) is 7.57. The second-order valence-electron chi connectivity index (χ2n) is 5.81. The van der Waals surface area contributed by atoms with Gasteiger partial charge in [0.25, 0.3) is 0 Å². The molecule has 0 spiro atoms. The number of amides is 1. The summed E-state index contributed by atoms with van der Waals surface area (Å²) in [5.41, 5.74) is 1.23. The smallest absolute Gasteiger partial charge is 0.240 e. The quantitative estimate of drug-likeness (QED) is 0.747. The van der Waals surface area contributed by atoms with Gasteiger partial charge in [0, 0.05) is 26.6 Å². The number of hydrogen-bond donors (Lipinski definition) is 1. The van der Waals surface area contributed by atoms with E-state index in [9.17, 15) is 13.2 Å². The fourth-order valence-electron chi connectivity index (χ4n) is 2.54. The summed E-state index contributed by atoms with van der Waals surface area (Å²) in [4.78, 5) is 13.7. The molecule has 5 nitrogen and oxygen atoms in total. The second kappa shape index (κ2) is 9.34. The molecule has 6 heteroatoms. The van der Waals surface area contributed by atoms with Crippen molar-refractivity contribution in [1.82, 2.24) is 9.62 Å². The molecule has 0 bridgehead atoms. The number of rotatable bonds is 9. The van der Waals surface area contributed by atoms with Gasteiger partial charge in [0.05, 0.1) is 4.90 Å². The van der Waals surface area contributed by atoms with Crippen molar-refractivity contribution in [3.05, 3.63) is 66.2 Å². The SMILES string of the molecule is CC(=O)N(CCCc1ccccc1)CCNS(=O)(=O)c1ccccc1. The van der Waals surface area contributed by atoms with E-state index in [4.69, 9.17) is 0 Å². The monoisotopic (exact) mass is 360 g/mol. The lowest BCUT2D eigenvalue weighted by Crippen LogP contribution is -2.38. The van der Waals surface area contributed by atoms with Crippen LogP contribution in [-0.4, -0.2) is 38.9 Å². The average Bonchev–Trinajstić information content (AvgIpc) is 2.62. The van der Waals surface area contributed by atoms with Crippen LogP contribution in [0.2, 0.25) is 0 Å². The molecule has 0 saturated heterocycles. The van der Waals surface area contributed by atoms with E-state index in [1.807, 2.05) is 18.2 Å². The fraction of sp³-hybridized carbons (Fsp3) is 0.316. The zero-order chi connectivity index (χ0) is 18.1. The summed E-state index contributed by atoms with van der Waals surface area (Å²) in [6.45, 7) is 2.67. The summed E-state index contributed by atoms with van der Waals surface area (Å²) in [5.74, 6) is -0.0491. The molecule has 2 rings (SSSR count). The summed E-state index contributed by atoms with van der Waals surface area (Å²) < 4.78 is 26.9. The van der Waals surface area contributed by atoms with Crippen LogP contribution in [0.5, 0.6) is 0 Å². The summed E-state index contributed by atoms with van der Waals surface area (Å²) in [7, 11) is -3.53. The van der Waals surface area contributed by atoms with E-state index in [2.05, 4.69) is 16.9 Å². The minimum atomic E-state index is -3.53. The van der Waals surface area contributed by atoms with Crippen LogP contribution in [0.4, 0.5) is 0 Å². The van der Waals surface area contributed by atoms with Crippen molar-refractivity contribution in [3.8, 4) is 0 Å². The third-order valence-electron chi connectivity index (χ3n) is 3.91. The molecule has 0 aromatic heterocycles. The predicted molar refractivity (Wildman–Crippen MR) is 98.6 cm³/mol. The van der Waals surface area contributed by atoms with Gasteiger partial charge < -0.3 is 4.90 Å². The van der Waals surface area contributed by atoms with Gasteiger partial charge >= 0.3 is 0 Å². The molecular formula is C19H24N2O3S. The Morgan fingerprint density at radius 3 is 2.16 bits per heavy atom. The molecule has 1 amide bonds. The number of benzene rings is 2. The van der Waals surface area contributed by atoms with Crippen LogP contribution in [0.1, 0.15) is 18.9 Å². The molecule has 0 atom stereocenters. The van der Waals surface area contributed by atoms with Gasteiger partial charge in [-0.05, 0) is 30.5 Å². The molecule has 0 fully saturated rings. The molecule has 0 unspecified atom stereocenters. The Morgan fingerprint density at radius 2 is 1.56 bits per heavy atom. The molecule has 134 valence electrons. The van der Waals surface area contributed by atoms with Crippen molar-refractivity contribution in [2.45, 2.75) is 24.7 Å². The summed E-state index contributed by atoms with van der Waals surface area (Å²) >= 11 is 0. The number of aryl methyl sites for hydroxylation is 1. The lowest BCUT2D eigenvalue weighted by molar-refractivity contribution is -0.128. The molecule has 0 saturated carbocycles. The van der Waals surface area contributed by atoms with Crippen LogP contribution in [-0.2, 0) is 21.2 Å². The van der Waals surface area contributed by atoms with Gasteiger partial charge in [0.15, 0.2) is 0 Å². The van der Waals surface area contributed by atoms with E-state index in [0.717, 1.165) is 12.8 Å². The molecule has 0 aliphatic rings. The highest BCUT2D eigenvalue weighted by molar-refractivity contribution is 7.89. The van der Waals surface area contributed by atoms with Crippen LogP contribution in [0.25, 0.3) is 0 Å². The number of carbonyl (C=O) groups is 1. The van der Waals surface area contributed by atoms with Crippen molar-refractivity contribution in [3.63, 3.8) is 0 Å². The first kappa shape index (κ1) is 19.1. The molecule has 0 aliphatic heterocycles. The van der Waals surface area contributed by atoms with Crippen molar-refractivity contribution in [2.24, 2.45) is 0 Å². The van der Waals surface area contributed by atoms with Crippen molar-refractivity contribution in [1.29, 1.82) is 0 Å². The molecule has 2 aromatic carbocycles. The van der Waals surface area contributed by atoms with Gasteiger partial charge in [-0.1, -0.05) is 48.5 Å². The van der Waals surface area contributed by atoms with E-state index in [-0.39, 0.29) is 17.3 Å². The first-order valence-corrected chi connectivity index (χ1v) is 9.81. The fourth-order valence-corrected chi connectivity index (χ4v) is 3.59. The number of nitrogens with one attached hydrogen (secondary N) is 1. The van der Waals surface area contributed by atoms with Crippen LogP contribution < -0.4 is 4.72 Å². The van der Waals surface area contributed by atoms with Crippen LogP contribution in [0.15, 0.2) is 65.6 Å². The molecule has 0 aliphatic carbocycles. The molecule has 2 aromatic rings. The van der Waals surface area contributed by atoms with Crippen LogP contribution >= 0.6 is 0 Å². The van der Waals surface area contributed by atoms with E-state index in [1.165, 1.54) is 12.5 Å². The third-order valence-corrected chi connectivity index (χ3v) is 5.39. The van der Waals surface area contributed by atoms with Gasteiger partial charge in [-0.3, -0.25) is 4.79 Å². The Balaban J connectivity index is 1.80. The van der Waals surface area contributed by atoms with Gasteiger partial charge in [-0.15, -0.1) is 0 Å². The zero-order valence-electron chi connectivity index (χ0n) is 14.4. The summed E-state index contributed by atoms with van der Waals surface area (Å²) in [6, 6.07) is 18.3. The Morgan fingerprint density at radius 1 is 0.960 bits per heavy atom.